The van der Waals surface area contributed by atoms with Crippen LogP contribution in [-0.4, -0.2) is 18.8 Å². The second-order valence-electron chi connectivity index (χ2n) is 4.88. The predicted molar refractivity (Wildman–Crippen MR) is 81.2 cm³/mol. The summed E-state index contributed by atoms with van der Waals surface area (Å²) >= 11 is 0. The van der Waals surface area contributed by atoms with Crippen molar-refractivity contribution in [1.82, 2.24) is 5.32 Å². The topological polar surface area (TPSA) is 41.5 Å². The van der Waals surface area contributed by atoms with Crippen LogP contribution in [0.3, 0.4) is 0 Å². The molecule has 4 heteroatoms. The molecule has 0 fully saturated rings. The maximum absolute atomic E-state index is 14.0. The van der Waals surface area contributed by atoms with Gasteiger partial charge in [0.05, 0.1) is 0 Å². The van der Waals surface area contributed by atoms with Gasteiger partial charge in [0.1, 0.15) is 17.3 Å². The van der Waals surface area contributed by atoms with Crippen LogP contribution in [0.5, 0.6) is 11.5 Å². The molecule has 0 aliphatic heterocycles. The first-order chi connectivity index (χ1) is 10.2. The fraction of sp³-hybridized carbons (Fsp3) is 0.294. The molecule has 2 aromatic rings. The van der Waals surface area contributed by atoms with Gasteiger partial charge in [-0.15, -0.1) is 0 Å². The lowest BCUT2D eigenvalue weighted by molar-refractivity contribution is 0.299. The summed E-state index contributed by atoms with van der Waals surface area (Å²) in [7, 11) is 1.78. The van der Waals surface area contributed by atoms with Crippen molar-refractivity contribution in [2.24, 2.45) is 0 Å². The molecule has 0 heterocycles. The molecule has 1 atom stereocenters. The second kappa shape index (κ2) is 7.20. The minimum absolute atomic E-state index is 0.119. The molecule has 112 valence electrons. The van der Waals surface area contributed by atoms with Gasteiger partial charge in [-0.05, 0) is 50.2 Å². The van der Waals surface area contributed by atoms with Crippen LogP contribution < -0.4 is 10.1 Å². The van der Waals surface area contributed by atoms with Crippen molar-refractivity contribution >= 4 is 0 Å². The average Bonchev–Trinajstić information content (AvgIpc) is 2.49. The van der Waals surface area contributed by atoms with Crippen molar-refractivity contribution in [3.63, 3.8) is 0 Å². The van der Waals surface area contributed by atoms with E-state index in [0.29, 0.717) is 23.5 Å². The van der Waals surface area contributed by atoms with E-state index in [1.165, 1.54) is 6.07 Å². The van der Waals surface area contributed by atoms with Gasteiger partial charge in [0.15, 0.2) is 0 Å². The molecule has 0 saturated carbocycles. The number of halogens is 1. The van der Waals surface area contributed by atoms with Crippen molar-refractivity contribution in [1.29, 1.82) is 0 Å². The van der Waals surface area contributed by atoms with Gasteiger partial charge in [0.2, 0.25) is 0 Å². The minimum Gasteiger partial charge on any atom is -0.457 e. The Morgan fingerprint density at radius 1 is 1.19 bits per heavy atom. The number of ether oxygens (including phenoxy) is 1. The number of rotatable bonds is 6. The molecule has 0 aliphatic carbocycles. The third-order valence-electron chi connectivity index (χ3n) is 3.43. The van der Waals surface area contributed by atoms with Gasteiger partial charge in [-0.2, -0.15) is 0 Å². The van der Waals surface area contributed by atoms with E-state index in [0.717, 1.165) is 5.56 Å². The maximum Gasteiger partial charge on any atom is 0.135 e. The van der Waals surface area contributed by atoms with Gasteiger partial charge in [0, 0.05) is 18.2 Å². The van der Waals surface area contributed by atoms with Crippen LogP contribution in [0.1, 0.15) is 24.1 Å². The fourth-order valence-corrected chi connectivity index (χ4v) is 2.15. The van der Waals surface area contributed by atoms with Gasteiger partial charge in [-0.25, -0.2) is 4.39 Å². The van der Waals surface area contributed by atoms with Crippen molar-refractivity contribution in [2.75, 3.05) is 13.7 Å². The first-order valence-electron chi connectivity index (χ1n) is 6.99. The first-order valence-corrected chi connectivity index (χ1v) is 6.99. The zero-order valence-electron chi connectivity index (χ0n) is 12.3. The Balaban J connectivity index is 2.24. The molecule has 0 bridgehead atoms. The molecule has 0 saturated heterocycles. The Kier molecular flexibility index (Phi) is 5.31. The molecule has 0 radical (unpaired) electrons. The molecule has 2 rings (SSSR count). The van der Waals surface area contributed by atoms with E-state index in [-0.39, 0.29) is 18.5 Å². The molecule has 0 aromatic heterocycles. The summed E-state index contributed by atoms with van der Waals surface area (Å²) in [5.74, 6) is 0.866. The number of benzene rings is 2. The van der Waals surface area contributed by atoms with Crippen LogP contribution in [0.15, 0.2) is 42.5 Å². The Morgan fingerprint density at radius 3 is 2.52 bits per heavy atom. The third-order valence-corrected chi connectivity index (χ3v) is 3.43. The molecular weight excluding hydrogens is 269 g/mol. The summed E-state index contributed by atoms with van der Waals surface area (Å²) < 4.78 is 19.8. The number of aliphatic hydroxyl groups is 1. The Hall–Kier alpha value is -1.91. The summed E-state index contributed by atoms with van der Waals surface area (Å²) in [6, 6.07) is 12.1. The van der Waals surface area contributed by atoms with Gasteiger partial charge in [-0.1, -0.05) is 18.2 Å². The van der Waals surface area contributed by atoms with Gasteiger partial charge >= 0.3 is 0 Å². The largest absolute Gasteiger partial charge is 0.457 e. The SMILES string of the molecule is CNC(C)c1c(F)cccc1Oc1ccc(CCO)cc1. The highest BCUT2D eigenvalue weighted by molar-refractivity contribution is 5.41. The van der Waals surface area contributed by atoms with E-state index < -0.39 is 0 Å². The summed E-state index contributed by atoms with van der Waals surface area (Å²) in [6.45, 7) is 2.00. The van der Waals surface area contributed by atoms with Crippen LogP contribution in [0, 0.1) is 5.82 Å². The van der Waals surface area contributed by atoms with E-state index in [9.17, 15) is 4.39 Å². The quantitative estimate of drug-likeness (QED) is 0.856. The van der Waals surface area contributed by atoms with Crippen LogP contribution in [0.2, 0.25) is 0 Å². The Labute approximate surface area is 124 Å². The zero-order valence-corrected chi connectivity index (χ0v) is 12.3. The second-order valence-corrected chi connectivity index (χ2v) is 4.88. The van der Waals surface area contributed by atoms with E-state index >= 15 is 0 Å². The van der Waals surface area contributed by atoms with E-state index in [2.05, 4.69) is 5.32 Å². The van der Waals surface area contributed by atoms with Crippen molar-refractivity contribution < 1.29 is 14.2 Å². The number of aliphatic hydroxyl groups excluding tert-OH is 1. The standard InChI is InChI=1S/C17H20FNO2/c1-12(19-2)17-15(18)4-3-5-16(17)21-14-8-6-13(7-9-14)10-11-20/h3-9,12,19-20H,10-11H2,1-2H3. The highest BCUT2D eigenvalue weighted by Crippen LogP contribution is 2.31. The first kappa shape index (κ1) is 15.5. The van der Waals surface area contributed by atoms with Gasteiger partial charge in [-0.3, -0.25) is 0 Å². The fourth-order valence-electron chi connectivity index (χ4n) is 2.15. The molecule has 2 N–H and O–H groups in total. The molecule has 0 aliphatic rings. The number of hydrogen-bond donors (Lipinski definition) is 2. The van der Waals surface area contributed by atoms with Crippen LogP contribution >= 0.6 is 0 Å². The lowest BCUT2D eigenvalue weighted by Crippen LogP contribution is -2.14. The van der Waals surface area contributed by atoms with Crippen LogP contribution in [-0.2, 0) is 6.42 Å². The zero-order chi connectivity index (χ0) is 15.2. The normalized spacial score (nSPS) is 12.2. The van der Waals surface area contributed by atoms with Gasteiger partial charge in [0.25, 0.3) is 0 Å². The maximum atomic E-state index is 14.0. The average molecular weight is 289 g/mol. The minimum atomic E-state index is -0.286. The van der Waals surface area contributed by atoms with Crippen molar-refractivity contribution in [2.45, 2.75) is 19.4 Å². The number of hydrogen-bond acceptors (Lipinski definition) is 3. The summed E-state index contributed by atoms with van der Waals surface area (Å²) in [5, 5.41) is 11.9. The molecular formula is C17H20FNO2. The van der Waals surface area contributed by atoms with Crippen molar-refractivity contribution in [3.05, 3.63) is 59.4 Å². The Morgan fingerprint density at radius 2 is 1.90 bits per heavy atom. The van der Waals surface area contributed by atoms with Crippen molar-refractivity contribution in [3.8, 4) is 11.5 Å². The lowest BCUT2D eigenvalue weighted by atomic mass is 10.1. The molecule has 2 aromatic carbocycles. The summed E-state index contributed by atoms with van der Waals surface area (Å²) in [4.78, 5) is 0. The van der Waals surface area contributed by atoms with Crippen LogP contribution in [0.4, 0.5) is 4.39 Å². The highest BCUT2D eigenvalue weighted by Gasteiger charge is 2.15. The lowest BCUT2D eigenvalue weighted by Gasteiger charge is -2.17. The monoisotopic (exact) mass is 289 g/mol. The van der Waals surface area contributed by atoms with E-state index in [1.54, 1.807) is 19.2 Å². The predicted octanol–water partition coefficient (Wildman–Crippen LogP) is 3.43. The molecule has 1 unspecified atom stereocenters. The van der Waals surface area contributed by atoms with Gasteiger partial charge < -0.3 is 15.2 Å². The molecule has 0 amide bonds. The van der Waals surface area contributed by atoms with E-state index in [4.69, 9.17) is 9.84 Å². The highest BCUT2D eigenvalue weighted by atomic mass is 19.1. The smallest absolute Gasteiger partial charge is 0.135 e. The molecule has 3 nitrogen and oxygen atoms in total. The molecule has 21 heavy (non-hydrogen) atoms. The Bertz CT molecular complexity index is 584. The molecule has 0 spiro atoms. The van der Waals surface area contributed by atoms with Crippen LogP contribution in [0.25, 0.3) is 0 Å². The third kappa shape index (κ3) is 3.80. The number of nitrogens with one attached hydrogen (secondary N) is 1. The summed E-state index contributed by atoms with van der Waals surface area (Å²) in [5.41, 5.74) is 1.55. The summed E-state index contributed by atoms with van der Waals surface area (Å²) in [6.07, 6.45) is 0.613. The van der Waals surface area contributed by atoms with E-state index in [1.807, 2.05) is 31.2 Å².